The molecule has 3 aromatic heterocycles. The molecule has 0 aliphatic carbocycles. The molecule has 1 aliphatic heterocycles. The van der Waals surface area contributed by atoms with E-state index in [1.807, 2.05) is 6.92 Å². The van der Waals surface area contributed by atoms with E-state index in [2.05, 4.69) is 9.97 Å². The molecule has 9 heteroatoms. The number of imidazole rings is 1. The molecule has 0 spiro atoms. The molecule has 1 aliphatic rings. The number of nitrogens with one attached hydrogen (secondary N) is 1. The van der Waals surface area contributed by atoms with Crippen molar-refractivity contribution >= 4 is 33.9 Å². The van der Waals surface area contributed by atoms with Crippen LogP contribution in [0.15, 0.2) is 47.5 Å². The first kappa shape index (κ1) is 19.7. The molecule has 7 nitrogen and oxygen atoms in total. The normalized spacial score (nSPS) is 15.9. The van der Waals surface area contributed by atoms with Crippen molar-refractivity contribution in [2.24, 2.45) is 0 Å². The lowest BCUT2D eigenvalue weighted by atomic mass is 9.95. The number of hydrogen-bond acceptors (Lipinski definition) is 4. The van der Waals surface area contributed by atoms with Gasteiger partial charge in [-0.05, 0) is 36.6 Å². The molecule has 0 saturated carbocycles. The lowest BCUT2D eigenvalue weighted by Gasteiger charge is -2.35. The smallest absolute Gasteiger partial charge is 0.274 e. The van der Waals surface area contributed by atoms with Gasteiger partial charge < -0.3 is 19.0 Å². The van der Waals surface area contributed by atoms with E-state index in [4.69, 9.17) is 16.3 Å². The highest BCUT2D eigenvalue weighted by Crippen LogP contribution is 2.34. The van der Waals surface area contributed by atoms with Crippen molar-refractivity contribution in [3.63, 3.8) is 0 Å². The van der Waals surface area contributed by atoms with E-state index in [1.54, 1.807) is 39.9 Å². The minimum Gasteiger partial charge on any atom is -0.373 e. The van der Waals surface area contributed by atoms with Crippen LogP contribution in [0.25, 0.3) is 16.4 Å². The minimum absolute atomic E-state index is 0.215. The molecule has 4 heterocycles. The maximum Gasteiger partial charge on any atom is 0.274 e. The quantitative estimate of drug-likeness (QED) is 0.526. The highest BCUT2D eigenvalue weighted by Gasteiger charge is 2.33. The molecule has 0 radical (unpaired) electrons. The van der Waals surface area contributed by atoms with Crippen LogP contribution in [-0.4, -0.2) is 38.3 Å². The van der Waals surface area contributed by atoms with Gasteiger partial charge in [0.2, 0.25) is 0 Å². The van der Waals surface area contributed by atoms with E-state index in [0.29, 0.717) is 28.3 Å². The number of halogens is 2. The third kappa shape index (κ3) is 3.28. The molecule has 1 N–H and O–H groups in total. The maximum atomic E-state index is 13.8. The summed E-state index contributed by atoms with van der Waals surface area (Å²) in [6, 6.07) is 7.11. The van der Waals surface area contributed by atoms with Gasteiger partial charge in [-0.2, -0.15) is 0 Å². The molecule has 1 aromatic carbocycles. The first-order valence-corrected chi connectivity index (χ1v) is 10.2. The third-order valence-corrected chi connectivity index (χ3v) is 5.80. The number of rotatable bonds is 3. The fraction of sp³-hybridized carbons (Fsp3) is 0.227. The molecule has 158 valence electrons. The molecule has 0 unspecified atom stereocenters. The van der Waals surface area contributed by atoms with Crippen molar-refractivity contribution in [3.8, 4) is 0 Å². The number of likely N-dealkylation sites (N-methyl/N-ethyl adjacent to an activating group) is 1. The molecule has 31 heavy (non-hydrogen) atoms. The number of pyridine rings is 2. The van der Waals surface area contributed by atoms with Crippen LogP contribution < -0.4 is 5.56 Å². The van der Waals surface area contributed by atoms with Crippen LogP contribution in [0.3, 0.4) is 0 Å². The first-order valence-electron chi connectivity index (χ1n) is 9.83. The van der Waals surface area contributed by atoms with Crippen LogP contribution in [0.4, 0.5) is 4.39 Å². The Balaban J connectivity index is 1.62. The van der Waals surface area contributed by atoms with E-state index in [-0.39, 0.29) is 35.8 Å². The van der Waals surface area contributed by atoms with E-state index in [9.17, 15) is 14.0 Å². The predicted molar refractivity (Wildman–Crippen MR) is 114 cm³/mol. The number of ether oxygens (including phenoxy) is 1. The molecule has 0 saturated heterocycles. The largest absolute Gasteiger partial charge is 0.373 e. The lowest BCUT2D eigenvalue weighted by Crippen LogP contribution is -2.40. The van der Waals surface area contributed by atoms with E-state index < -0.39 is 11.9 Å². The number of hydrogen-bond donors (Lipinski definition) is 1. The number of fused-ring (bicyclic) bond motifs is 4. The van der Waals surface area contributed by atoms with Crippen molar-refractivity contribution in [3.05, 3.63) is 80.9 Å². The summed E-state index contributed by atoms with van der Waals surface area (Å²) >= 11 is 6.04. The van der Waals surface area contributed by atoms with E-state index in [1.165, 1.54) is 12.1 Å². The molecular weight excluding hydrogens is 423 g/mol. The molecular formula is C22H18ClFN4O3. The fourth-order valence-corrected chi connectivity index (χ4v) is 4.36. The Bertz CT molecular complexity index is 1400. The molecule has 0 fully saturated rings. The lowest BCUT2D eigenvalue weighted by molar-refractivity contribution is 0.0273. The maximum absolute atomic E-state index is 13.8. The zero-order chi connectivity index (χ0) is 21.7. The fourth-order valence-electron chi connectivity index (χ4n) is 4.19. The highest BCUT2D eigenvalue weighted by molar-refractivity contribution is 6.30. The second-order valence-corrected chi connectivity index (χ2v) is 7.83. The van der Waals surface area contributed by atoms with Crippen LogP contribution in [0, 0.1) is 5.82 Å². The van der Waals surface area contributed by atoms with Gasteiger partial charge >= 0.3 is 0 Å². The Morgan fingerprint density at radius 2 is 2.16 bits per heavy atom. The van der Waals surface area contributed by atoms with Crippen molar-refractivity contribution in [2.45, 2.75) is 19.6 Å². The molecule has 1 amide bonds. The first-order chi connectivity index (χ1) is 15.0. The summed E-state index contributed by atoms with van der Waals surface area (Å²) in [4.78, 5) is 34.8. The second-order valence-electron chi connectivity index (χ2n) is 7.40. The summed E-state index contributed by atoms with van der Waals surface area (Å²) < 4.78 is 21.2. The van der Waals surface area contributed by atoms with Crippen LogP contribution in [-0.2, 0) is 11.3 Å². The molecule has 0 bridgehead atoms. The van der Waals surface area contributed by atoms with E-state index in [0.717, 1.165) is 5.56 Å². The van der Waals surface area contributed by atoms with Crippen LogP contribution >= 0.6 is 11.6 Å². The molecule has 5 rings (SSSR count). The number of aromatic nitrogens is 3. The topological polar surface area (TPSA) is 79.7 Å². The van der Waals surface area contributed by atoms with Gasteiger partial charge in [-0.3, -0.25) is 9.59 Å². The van der Waals surface area contributed by atoms with Gasteiger partial charge in [-0.15, -0.1) is 0 Å². The Morgan fingerprint density at radius 3 is 2.97 bits per heavy atom. The minimum atomic E-state index is -0.492. The standard InChI is InChI=1S/C22H18ClFN4O3/c1-2-28(22(30)16-9-27-8-12(23)3-6-19(27)25-16)18-11-31-10-17-20(18)14-5-4-13(24)7-15(14)21(29)26-17/h3-9,18H,2,10-11H2,1H3,(H,26,29)/t18-/m0/s1. The summed E-state index contributed by atoms with van der Waals surface area (Å²) in [5.74, 6) is -0.765. The number of aromatic amines is 1. The third-order valence-electron chi connectivity index (χ3n) is 5.57. The Morgan fingerprint density at radius 1 is 1.32 bits per heavy atom. The van der Waals surface area contributed by atoms with Gasteiger partial charge in [0.05, 0.1) is 29.7 Å². The van der Waals surface area contributed by atoms with Crippen molar-refractivity contribution in [1.29, 1.82) is 0 Å². The molecule has 4 aromatic rings. The summed E-state index contributed by atoms with van der Waals surface area (Å²) in [5, 5.41) is 1.39. The van der Waals surface area contributed by atoms with Crippen LogP contribution in [0.2, 0.25) is 5.02 Å². The average Bonchev–Trinajstić information content (AvgIpc) is 3.17. The van der Waals surface area contributed by atoms with Gasteiger partial charge in [0, 0.05) is 30.2 Å². The van der Waals surface area contributed by atoms with Gasteiger partial charge in [-0.1, -0.05) is 17.7 Å². The summed E-state index contributed by atoms with van der Waals surface area (Å²) in [6.07, 6.45) is 3.32. The zero-order valence-corrected chi connectivity index (χ0v) is 17.3. The Labute approximate surface area is 181 Å². The zero-order valence-electron chi connectivity index (χ0n) is 16.6. The molecule has 1 atom stereocenters. The van der Waals surface area contributed by atoms with Crippen molar-refractivity contribution in [2.75, 3.05) is 13.2 Å². The van der Waals surface area contributed by atoms with Gasteiger partial charge in [-0.25, -0.2) is 9.37 Å². The van der Waals surface area contributed by atoms with Crippen LogP contribution in [0.5, 0.6) is 0 Å². The number of carbonyl (C=O) groups excluding carboxylic acids is 1. The number of amides is 1. The van der Waals surface area contributed by atoms with Crippen LogP contribution in [0.1, 0.15) is 34.7 Å². The van der Waals surface area contributed by atoms with Crippen molar-refractivity contribution < 1.29 is 13.9 Å². The van der Waals surface area contributed by atoms with Gasteiger partial charge in [0.15, 0.2) is 0 Å². The summed E-state index contributed by atoms with van der Waals surface area (Å²) in [5.41, 5.74) is 1.85. The second kappa shape index (κ2) is 7.47. The highest BCUT2D eigenvalue weighted by atomic mass is 35.5. The Kier molecular flexibility index (Phi) is 4.75. The number of H-pyrrole nitrogens is 1. The average molecular weight is 441 g/mol. The predicted octanol–water partition coefficient (Wildman–Crippen LogP) is 3.70. The van der Waals surface area contributed by atoms with E-state index >= 15 is 0 Å². The number of carbonyl (C=O) groups is 1. The Hall–Kier alpha value is -3.23. The number of nitrogens with zero attached hydrogens (tertiary/aromatic N) is 3. The SMILES string of the molecule is CCN(C(=O)c1cn2cc(Cl)ccc2n1)[C@H]1COCc2[nH]c(=O)c3cc(F)ccc3c21. The summed E-state index contributed by atoms with van der Waals surface area (Å²) in [7, 11) is 0. The number of benzene rings is 1. The monoisotopic (exact) mass is 440 g/mol. The van der Waals surface area contributed by atoms with Gasteiger partial charge in [0.25, 0.3) is 11.5 Å². The summed E-state index contributed by atoms with van der Waals surface area (Å²) in [6.45, 7) is 2.73. The van der Waals surface area contributed by atoms with Crippen molar-refractivity contribution in [1.82, 2.24) is 19.3 Å². The van der Waals surface area contributed by atoms with Gasteiger partial charge in [0.1, 0.15) is 17.2 Å².